The molecule has 6 heteroatoms. The SMILES string of the molecule is N#CC1=C(C#N)O[C@]2(CCC[C@H](c3ccccc3)O2)[C@@]2(CCC[C@H](c3ccccc3)O2)O1. The van der Waals surface area contributed by atoms with Crippen LogP contribution >= 0.6 is 0 Å². The van der Waals surface area contributed by atoms with Crippen molar-refractivity contribution in [2.45, 2.75) is 62.3 Å². The van der Waals surface area contributed by atoms with Gasteiger partial charge >= 0.3 is 0 Å². The Hall–Kier alpha value is -3.32. The lowest BCUT2D eigenvalue weighted by Crippen LogP contribution is -2.65. The Balaban J connectivity index is 1.56. The van der Waals surface area contributed by atoms with Gasteiger partial charge in [0.15, 0.2) is 0 Å². The average molecular weight is 428 g/mol. The second-order valence-corrected chi connectivity index (χ2v) is 8.41. The Bertz CT molecular complexity index is 1000. The molecular weight excluding hydrogens is 404 g/mol. The Morgan fingerprint density at radius 2 is 1.06 bits per heavy atom. The lowest BCUT2D eigenvalue weighted by atomic mass is 9.85. The first-order valence-electron chi connectivity index (χ1n) is 11.1. The van der Waals surface area contributed by atoms with Crippen LogP contribution in [-0.2, 0) is 18.9 Å². The highest BCUT2D eigenvalue weighted by Gasteiger charge is 2.65. The van der Waals surface area contributed by atoms with Crippen LogP contribution in [0.25, 0.3) is 0 Å². The van der Waals surface area contributed by atoms with E-state index in [0.717, 1.165) is 36.8 Å². The molecule has 3 heterocycles. The summed E-state index contributed by atoms with van der Waals surface area (Å²) >= 11 is 0. The molecule has 2 fully saturated rings. The van der Waals surface area contributed by atoms with E-state index in [0.29, 0.717) is 12.8 Å². The first-order valence-corrected chi connectivity index (χ1v) is 11.1. The summed E-state index contributed by atoms with van der Waals surface area (Å²) in [5.74, 6) is -2.94. The van der Waals surface area contributed by atoms with E-state index in [-0.39, 0.29) is 23.7 Å². The van der Waals surface area contributed by atoms with Crippen molar-refractivity contribution in [2.24, 2.45) is 0 Å². The Morgan fingerprint density at radius 3 is 1.44 bits per heavy atom. The molecule has 5 rings (SSSR count). The molecule has 3 aliphatic heterocycles. The predicted molar refractivity (Wildman–Crippen MR) is 114 cm³/mol. The molecule has 0 aromatic heterocycles. The minimum atomic E-state index is -1.31. The first-order chi connectivity index (χ1) is 15.7. The van der Waals surface area contributed by atoms with Crippen LogP contribution < -0.4 is 0 Å². The third-order valence-electron chi connectivity index (χ3n) is 6.48. The second-order valence-electron chi connectivity index (χ2n) is 8.41. The molecule has 6 nitrogen and oxygen atoms in total. The molecule has 2 spiro atoms. The lowest BCUT2D eigenvalue weighted by molar-refractivity contribution is -0.441. The van der Waals surface area contributed by atoms with Crippen molar-refractivity contribution in [3.8, 4) is 12.1 Å². The molecule has 0 aliphatic carbocycles. The number of nitrogens with zero attached hydrogens (tertiary/aromatic N) is 2. The molecule has 0 amide bonds. The van der Waals surface area contributed by atoms with Crippen molar-refractivity contribution >= 4 is 0 Å². The van der Waals surface area contributed by atoms with Crippen LogP contribution in [0.1, 0.15) is 61.9 Å². The fourth-order valence-electron chi connectivity index (χ4n) is 4.98. The summed E-state index contributed by atoms with van der Waals surface area (Å²) in [5, 5.41) is 19.3. The van der Waals surface area contributed by atoms with Crippen molar-refractivity contribution in [1.82, 2.24) is 0 Å². The van der Waals surface area contributed by atoms with Gasteiger partial charge in [0.1, 0.15) is 12.1 Å². The number of hydrogen-bond acceptors (Lipinski definition) is 6. The molecule has 2 saturated heterocycles. The number of allylic oxidation sites excluding steroid dienone is 2. The fourth-order valence-corrected chi connectivity index (χ4v) is 4.98. The van der Waals surface area contributed by atoms with Crippen molar-refractivity contribution in [3.63, 3.8) is 0 Å². The van der Waals surface area contributed by atoms with Crippen LogP contribution in [0.3, 0.4) is 0 Å². The van der Waals surface area contributed by atoms with Gasteiger partial charge in [-0.1, -0.05) is 60.7 Å². The summed E-state index contributed by atoms with van der Waals surface area (Å²) in [4.78, 5) is 0. The molecule has 32 heavy (non-hydrogen) atoms. The van der Waals surface area contributed by atoms with E-state index in [1.807, 2.05) is 72.8 Å². The van der Waals surface area contributed by atoms with E-state index in [1.54, 1.807) is 0 Å². The monoisotopic (exact) mass is 428 g/mol. The van der Waals surface area contributed by atoms with E-state index in [4.69, 9.17) is 18.9 Å². The van der Waals surface area contributed by atoms with Crippen molar-refractivity contribution in [3.05, 3.63) is 83.3 Å². The molecule has 162 valence electrons. The van der Waals surface area contributed by atoms with Crippen molar-refractivity contribution < 1.29 is 18.9 Å². The minimum Gasteiger partial charge on any atom is -0.440 e. The van der Waals surface area contributed by atoms with Crippen LogP contribution in [0.4, 0.5) is 0 Å². The number of fused-ring (bicyclic) bond motifs is 1. The smallest absolute Gasteiger partial charge is 0.278 e. The van der Waals surface area contributed by atoms with E-state index < -0.39 is 11.6 Å². The third-order valence-corrected chi connectivity index (χ3v) is 6.48. The standard InChI is InChI=1S/C26H24N2O4/c27-17-23-24(18-28)32-26(16-8-14-22(30-26)20-11-5-2-6-12-20)25(31-23)15-7-13-21(29-25)19-9-3-1-4-10-19/h1-6,9-12,21-22H,7-8,13-16H2/t21-,22-,25-,26-/m1/s1. The minimum absolute atomic E-state index is 0.155. The fraction of sp³-hybridized carbons (Fsp3) is 0.385. The Morgan fingerprint density at radius 1 is 0.656 bits per heavy atom. The molecule has 0 N–H and O–H groups in total. The van der Waals surface area contributed by atoms with E-state index >= 15 is 0 Å². The van der Waals surface area contributed by atoms with Gasteiger partial charge in [0.25, 0.3) is 23.1 Å². The summed E-state index contributed by atoms with van der Waals surface area (Å²) in [6.07, 6.45) is 3.82. The number of benzene rings is 2. The zero-order valence-corrected chi connectivity index (χ0v) is 17.7. The largest absolute Gasteiger partial charge is 0.440 e. The molecule has 2 aromatic rings. The molecule has 0 saturated carbocycles. The molecule has 0 radical (unpaired) electrons. The van der Waals surface area contributed by atoms with Crippen LogP contribution in [0.2, 0.25) is 0 Å². The number of hydrogen-bond donors (Lipinski definition) is 0. The van der Waals surface area contributed by atoms with Crippen LogP contribution in [0.15, 0.2) is 72.2 Å². The summed E-state index contributed by atoms with van der Waals surface area (Å²) in [5.41, 5.74) is 2.07. The van der Waals surface area contributed by atoms with Gasteiger partial charge in [-0.05, 0) is 36.8 Å². The highest BCUT2D eigenvalue weighted by atomic mass is 16.8. The lowest BCUT2D eigenvalue weighted by Gasteiger charge is -2.55. The van der Waals surface area contributed by atoms with Gasteiger partial charge in [-0.15, -0.1) is 0 Å². The Labute approximate surface area is 187 Å². The third kappa shape index (κ3) is 3.42. The highest BCUT2D eigenvalue weighted by Crippen LogP contribution is 2.55. The van der Waals surface area contributed by atoms with Gasteiger partial charge in [0.05, 0.1) is 12.2 Å². The normalized spacial score (nSPS) is 31.9. The zero-order chi connectivity index (χ0) is 22.0. The van der Waals surface area contributed by atoms with Crippen molar-refractivity contribution in [1.29, 1.82) is 10.5 Å². The van der Waals surface area contributed by atoms with Gasteiger partial charge in [0.2, 0.25) is 0 Å². The Kier molecular flexibility index (Phi) is 5.35. The zero-order valence-electron chi connectivity index (χ0n) is 17.7. The molecule has 4 atom stereocenters. The number of rotatable bonds is 2. The summed E-state index contributed by atoms with van der Waals surface area (Å²) < 4.78 is 25.7. The van der Waals surface area contributed by atoms with Crippen molar-refractivity contribution in [2.75, 3.05) is 0 Å². The maximum Gasteiger partial charge on any atom is 0.278 e. The molecular formula is C26H24N2O4. The van der Waals surface area contributed by atoms with Crippen LogP contribution in [0.5, 0.6) is 0 Å². The quantitative estimate of drug-likeness (QED) is 0.622. The molecule has 0 bridgehead atoms. The number of nitriles is 2. The summed E-state index contributed by atoms with van der Waals surface area (Å²) in [6.45, 7) is 0. The van der Waals surface area contributed by atoms with Gasteiger partial charge in [-0.25, -0.2) is 0 Å². The van der Waals surface area contributed by atoms with Gasteiger partial charge in [0, 0.05) is 12.8 Å². The second kappa shape index (κ2) is 8.31. The number of ether oxygens (including phenoxy) is 4. The van der Waals surface area contributed by atoms with Gasteiger partial charge in [-0.2, -0.15) is 10.5 Å². The topological polar surface area (TPSA) is 84.5 Å². The van der Waals surface area contributed by atoms with E-state index in [2.05, 4.69) is 0 Å². The maximum absolute atomic E-state index is 9.65. The molecule has 2 aromatic carbocycles. The highest BCUT2D eigenvalue weighted by molar-refractivity contribution is 5.32. The predicted octanol–water partition coefficient (Wildman–Crippen LogP) is 5.57. The average Bonchev–Trinajstić information content (AvgIpc) is 2.87. The molecule has 3 aliphatic rings. The van der Waals surface area contributed by atoms with E-state index in [9.17, 15) is 10.5 Å². The van der Waals surface area contributed by atoms with Crippen LogP contribution in [-0.4, -0.2) is 11.6 Å². The molecule has 0 unspecified atom stereocenters. The van der Waals surface area contributed by atoms with Gasteiger partial charge in [-0.3, -0.25) is 0 Å². The summed E-state index contributed by atoms with van der Waals surface area (Å²) in [6, 6.07) is 23.9. The maximum atomic E-state index is 9.65. The van der Waals surface area contributed by atoms with Crippen LogP contribution in [0, 0.1) is 22.7 Å². The van der Waals surface area contributed by atoms with E-state index in [1.165, 1.54) is 0 Å². The first kappa shape index (κ1) is 20.6. The van der Waals surface area contributed by atoms with Gasteiger partial charge < -0.3 is 18.9 Å². The summed E-state index contributed by atoms with van der Waals surface area (Å²) in [7, 11) is 0.